The molecule has 1 aromatic carbocycles. The monoisotopic (exact) mass is 221 g/mol. The largest absolute Gasteiger partial charge is 0.396 e. The fourth-order valence-corrected chi connectivity index (χ4v) is 2.08. The Balaban J connectivity index is 2.05. The zero-order valence-corrected chi connectivity index (χ0v) is 9.94. The summed E-state index contributed by atoms with van der Waals surface area (Å²) in [5, 5.41) is 9.38. The SMILES string of the molecule is Cc1cccc(N(C)CC2(CO)COC2)c1. The highest BCUT2D eigenvalue weighted by Gasteiger charge is 2.39. The predicted octanol–water partition coefficient (Wildman–Crippen LogP) is 1.44. The molecule has 0 spiro atoms. The number of nitrogens with zero attached hydrogens (tertiary/aromatic N) is 1. The fourth-order valence-electron chi connectivity index (χ4n) is 2.08. The average Bonchev–Trinajstić information content (AvgIpc) is 2.23. The molecule has 0 bridgehead atoms. The van der Waals surface area contributed by atoms with Crippen LogP contribution in [0.5, 0.6) is 0 Å². The van der Waals surface area contributed by atoms with E-state index in [-0.39, 0.29) is 12.0 Å². The van der Waals surface area contributed by atoms with Crippen LogP contribution in [0.25, 0.3) is 0 Å². The number of aliphatic hydroxyl groups is 1. The first-order valence-electron chi connectivity index (χ1n) is 5.62. The molecule has 2 rings (SSSR count). The number of hydrogen-bond donors (Lipinski definition) is 1. The zero-order valence-electron chi connectivity index (χ0n) is 9.94. The molecule has 0 saturated carbocycles. The predicted molar refractivity (Wildman–Crippen MR) is 64.8 cm³/mol. The first-order valence-corrected chi connectivity index (χ1v) is 5.62. The molecule has 1 aliphatic heterocycles. The van der Waals surface area contributed by atoms with E-state index in [1.54, 1.807) is 0 Å². The van der Waals surface area contributed by atoms with Gasteiger partial charge in [0.2, 0.25) is 0 Å². The van der Waals surface area contributed by atoms with E-state index in [9.17, 15) is 5.11 Å². The van der Waals surface area contributed by atoms with Gasteiger partial charge in [0.25, 0.3) is 0 Å². The number of aryl methyl sites for hydroxylation is 1. The van der Waals surface area contributed by atoms with Gasteiger partial charge in [-0.05, 0) is 24.6 Å². The highest BCUT2D eigenvalue weighted by Crippen LogP contribution is 2.29. The molecular formula is C13H19NO2. The van der Waals surface area contributed by atoms with Crippen molar-refractivity contribution in [3.05, 3.63) is 29.8 Å². The van der Waals surface area contributed by atoms with Crippen LogP contribution in [0.4, 0.5) is 5.69 Å². The van der Waals surface area contributed by atoms with Crippen LogP contribution < -0.4 is 4.90 Å². The van der Waals surface area contributed by atoms with E-state index in [0.717, 1.165) is 6.54 Å². The second kappa shape index (κ2) is 4.44. The maximum Gasteiger partial charge on any atom is 0.0584 e. The minimum atomic E-state index is -0.0570. The molecule has 3 heteroatoms. The molecule has 1 aliphatic rings. The van der Waals surface area contributed by atoms with E-state index in [2.05, 4.69) is 43.1 Å². The summed E-state index contributed by atoms with van der Waals surface area (Å²) in [7, 11) is 2.06. The quantitative estimate of drug-likeness (QED) is 0.835. The Bertz CT molecular complexity index is 355. The van der Waals surface area contributed by atoms with Crippen LogP contribution in [0.2, 0.25) is 0 Å². The molecule has 1 aromatic rings. The number of rotatable bonds is 4. The molecule has 1 heterocycles. The Kier molecular flexibility index (Phi) is 3.17. The van der Waals surface area contributed by atoms with Gasteiger partial charge in [0.1, 0.15) is 0 Å². The Morgan fingerprint density at radius 1 is 1.44 bits per heavy atom. The van der Waals surface area contributed by atoms with Gasteiger partial charge in [0.15, 0.2) is 0 Å². The number of ether oxygens (including phenoxy) is 1. The molecule has 0 aromatic heterocycles. The molecule has 0 radical (unpaired) electrons. The summed E-state index contributed by atoms with van der Waals surface area (Å²) < 4.78 is 5.20. The van der Waals surface area contributed by atoms with E-state index in [1.165, 1.54) is 11.3 Å². The van der Waals surface area contributed by atoms with Crippen molar-refractivity contribution in [3.8, 4) is 0 Å². The van der Waals surface area contributed by atoms with Gasteiger partial charge >= 0.3 is 0 Å². The molecule has 88 valence electrons. The number of hydrogen-bond acceptors (Lipinski definition) is 3. The standard InChI is InChI=1S/C13H19NO2/c1-11-4-3-5-12(6-11)14(2)7-13(8-15)9-16-10-13/h3-6,15H,7-10H2,1-2H3. The van der Waals surface area contributed by atoms with E-state index < -0.39 is 0 Å². The van der Waals surface area contributed by atoms with Gasteiger partial charge in [0, 0.05) is 19.3 Å². The second-order valence-electron chi connectivity index (χ2n) is 4.85. The molecular weight excluding hydrogens is 202 g/mol. The van der Waals surface area contributed by atoms with Crippen LogP contribution in [0, 0.1) is 12.3 Å². The molecule has 3 nitrogen and oxygen atoms in total. The average molecular weight is 221 g/mol. The van der Waals surface area contributed by atoms with Crippen molar-refractivity contribution in [2.75, 3.05) is 38.3 Å². The third kappa shape index (κ3) is 2.20. The van der Waals surface area contributed by atoms with E-state index in [0.29, 0.717) is 13.2 Å². The van der Waals surface area contributed by atoms with E-state index in [1.807, 2.05) is 0 Å². The smallest absolute Gasteiger partial charge is 0.0584 e. The molecule has 0 aliphatic carbocycles. The second-order valence-corrected chi connectivity index (χ2v) is 4.85. The summed E-state index contributed by atoms with van der Waals surface area (Å²) in [5.41, 5.74) is 2.39. The Morgan fingerprint density at radius 3 is 2.69 bits per heavy atom. The first-order chi connectivity index (χ1) is 7.65. The van der Waals surface area contributed by atoms with Gasteiger partial charge in [-0.1, -0.05) is 12.1 Å². The molecule has 0 unspecified atom stereocenters. The first kappa shape index (κ1) is 11.4. The van der Waals surface area contributed by atoms with Crippen molar-refractivity contribution in [1.29, 1.82) is 0 Å². The summed E-state index contributed by atoms with van der Waals surface area (Å²) in [5.74, 6) is 0. The lowest BCUT2D eigenvalue weighted by atomic mass is 9.86. The summed E-state index contributed by atoms with van der Waals surface area (Å²) in [6.07, 6.45) is 0. The lowest BCUT2D eigenvalue weighted by molar-refractivity contribution is -0.130. The maximum absolute atomic E-state index is 9.38. The van der Waals surface area contributed by atoms with Gasteiger partial charge in [0.05, 0.1) is 25.2 Å². The summed E-state index contributed by atoms with van der Waals surface area (Å²) in [4.78, 5) is 2.19. The third-order valence-electron chi connectivity index (χ3n) is 3.17. The topological polar surface area (TPSA) is 32.7 Å². The minimum absolute atomic E-state index is 0.0570. The minimum Gasteiger partial charge on any atom is -0.396 e. The molecule has 1 fully saturated rings. The third-order valence-corrected chi connectivity index (χ3v) is 3.17. The van der Waals surface area contributed by atoms with Gasteiger partial charge in [-0.2, -0.15) is 0 Å². The highest BCUT2D eigenvalue weighted by atomic mass is 16.5. The lowest BCUT2D eigenvalue weighted by Gasteiger charge is -2.42. The summed E-state index contributed by atoms with van der Waals surface area (Å²) in [6.45, 7) is 4.46. The van der Waals surface area contributed by atoms with E-state index >= 15 is 0 Å². The fraction of sp³-hybridized carbons (Fsp3) is 0.538. The van der Waals surface area contributed by atoms with Crippen molar-refractivity contribution >= 4 is 5.69 Å². The Hall–Kier alpha value is -1.06. The Labute approximate surface area is 96.6 Å². The number of benzene rings is 1. The molecule has 0 amide bonds. The van der Waals surface area contributed by atoms with Crippen molar-refractivity contribution < 1.29 is 9.84 Å². The highest BCUT2D eigenvalue weighted by molar-refractivity contribution is 5.47. The van der Waals surface area contributed by atoms with Gasteiger partial charge in [-0.15, -0.1) is 0 Å². The van der Waals surface area contributed by atoms with Crippen LogP contribution in [0.15, 0.2) is 24.3 Å². The van der Waals surface area contributed by atoms with Crippen molar-refractivity contribution in [3.63, 3.8) is 0 Å². The van der Waals surface area contributed by atoms with Gasteiger partial charge in [-0.25, -0.2) is 0 Å². The van der Waals surface area contributed by atoms with E-state index in [4.69, 9.17) is 4.74 Å². The molecule has 1 saturated heterocycles. The Morgan fingerprint density at radius 2 is 2.19 bits per heavy atom. The van der Waals surface area contributed by atoms with Crippen molar-refractivity contribution in [1.82, 2.24) is 0 Å². The summed E-state index contributed by atoms with van der Waals surface area (Å²) in [6, 6.07) is 8.40. The van der Waals surface area contributed by atoms with Crippen LogP contribution in [0.3, 0.4) is 0 Å². The lowest BCUT2D eigenvalue weighted by Crippen LogP contribution is -2.52. The molecule has 16 heavy (non-hydrogen) atoms. The van der Waals surface area contributed by atoms with Crippen LogP contribution in [-0.4, -0.2) is 38.5 Å². The number of aliphatic hydroxyl groups excluding tert-OH is 1. The summed E-state index contributed by atoms with van der Waals surface area (Å²) >= 11 is 0. The van der Waals surface area contributed by atoms with Gasteiger partial charge in [-0.3, -0.25) is 0 Å². The normalized spacial score (nSPS) is 17.9. The maximum atomic E-state index is 9.38. The molecule has 0 atom stereocenters. The van der Waals surface area contributed by atoms with Crippen LogP contribution in [0.1, 0.15) is 5.56 Å². The zero-order chi connectivity index (χ0) is 11.6. The number of anilines is 1. The van der Waals surface area contributed by atoms with Crippen LogP contribution in [-0.2, 0) is 4.74 Å². The van der Waals surface area contributed by atoms with Crippen molar-refractivity contribution in [2.45, 2.75) is 6.92 Å². The van der Waals surface area contributed by atoms with Gasteiger partial charge < -0.3 is 14.7 Å². The molecule has 1 N–H and O–H groups in total. The van der Waals surface area contributed by atoms with Crippen molar-refractivity contribution in [2.24, 2.45) is 5.41 Å². The van der Waals surface area contributed by atoms with Crippen LogP contribution >= 0.6 is 0 Å².